The molecule has 4 nitrogen and oxygen atoms in total. The van der Waals surface area contributed by atoms with E-state index < -0.39 is 0 Å². The summed E-state index contributed by atoms with van der Waals surface area (Å²) in [5, 5.41) is 3.65. The van der Waals surface area contributed by atoms with Crippen molar-refractivity contribution in [2.45, 2.75) is 9.92 Å². The zero-order valence-corrected chi connectivity index (χ0v) is 11.4. The summed E-state index contributed by atoms with van der Waals surface area (Å²) in [7, 11) is 0. The highest BCUT2D eigenvalue weighted by molar-refractivity contribution is 7.99. The Kier molecular flexibility index (Phi) is 4.54. The van der Waals surface area contributed by atoms with Crippen LogP contribution >= 0.6 is 23.4 Å². The second-order valence-electron chi connectivity index (χ2n) is 3.49. The molecule has 1 amide bonds. The number of aromatic nitrogens is 2. The quantitative estimate of drug-likeness (QED) is 0.533. The second-order valence-corrected chi connectivity index (χ2v) is 4.92. The zero-order chi connectivity index (χ0) is 13.7. The van der Waals surface area contributed by atoms with E-state index in [0.29, 0.717) is 5.69 Å². The van der Waals surface area contributed by atoms with E-state index in [1.165, 1.54) is 17.8 Å². The summed E-state index contributed by atoms with van der Waals surface area (Å²) in [6.07, 6.45) is 2.82. The molecule has 0 aliphatic heterocycles. The van der Waals surface area contributed by atoms with Gasteiger partial charge in [-0.2, -0.15) is 0 Å². The number of hydrogen-bond donors (Lipinski definition) is 1. The van der Waals surface area contributed by atoms with Gasteiger partial charge in [-0.15, -0.1) is 0 Å². The first kappa shape index (κ1) is 13.6. The molecule has 1 aromatic heterocycles. The number of hydrogen-bond acceptors (Lipinski definition) is 4. The van der Waals surface area contributed by atoms with Gasteiger partial charge >= 0.3 is 0 Å². The smallest absolute Gasteiger partial charge is 0.247 e. The summed E-state index contributed by atoms with van der Waals surface area (Å²) in [6.45, 7) is 3.41. The van der Waals surface area contributed by atoms with Gasteiger partial charge in [0, 0.05) is 16.8 Å². The molecule has 96 valence electrons. The minimum absolute atomic E-state index is 0.209. The summed E-state index contributed by atoms with van der Waals surface area (Å²) in [6, 6.07) is 9.19. The molecule has 2 rings (SSSR count). The minimum atomic E-state index is -0.243. The van der Waals surface area contributed by atoms with Crippen molar-refractivity contribution in [3.8, 4) is 0 Å². The maximum Gasteiger partial charge on any atom is 0.247 e. The van der Waals surface area contributed by atoms with E-state index in [1.54, 1.807) is 18.3 Å². The van der Waals surface area contributed by atoms with Gasteiger partial charge in [0.15, 0.2) is 0 Å². The fraction of sp³-hybridized carbons (Fsp3) is 0. The summed E-state index contributed by atoms with van der Waals surface area (Å²) >= 11 is 7.16. The molecule has 0 unspecified atom stereocenters. The molecule has 19 heavy (non-hydrogen) atoms. The Hall–Kier alpha value is -1.85. The molecule has 0 radical (unpaired) electrons. The van der Waals surface area contributed by atoms with Crippen molar-refractivity contribution in [3.63, 3.8) is 0 Å². The van der Waals surface area contributed by atoms with Crippen molar-refractivity contribution in [3.05, 3.63) is 54.5 Å². The fourth-order valence-corrected chi connectivity index (χ4v) is 2.36. The lowest BCUT2D eigenvalue weighted by atomic mass is 10.3. The van der Waals surface area contributed by atoms with Crippen LogP contribution in [0.2, 0.25) is 5.28 Å². The van der Waals surface area contributed by atoms with Crippen LogP contribution in [0.4, 0.5) is 5.69 Å². The van der Waals surface area contributed by atoms with Crippen LogP contribution in [0.1, 0.15) is 0 Å². The Bertz CT molecular complexity index is 618. The lowest BCUT2D eigenvalue weighted by molar-refractivity contribution is -0.111. The Balaban J connectivity index is 2.15. The van der Waals surface area contributed by atoms with Crippen LogP contribution in [-0.4, -0.2) is 15.9 Å². The van der Waals surface area contributed by atoms with Crippen molar-refractivity contribution in [2.75, 3.05) is 5.32 Å². The van der Waals surface area contributed by atoms with Crippen LogP contribution in [0.25, 0.3) is 0 Å². The van der Waals surface area contributed by atoms with Crippen LogP contribution in [0, 0.1) is 0 Å². The Morgan fingerprint density at radius 2 is 2.26 bits per heavy atom. The van der Waals surface area contributed by atoms with E-state index in [-0.39, 0.29) is 11.2 Å². The molecule has 0 saturated heterocycles. The molecule has 0 bridgehead atoms. The summed E-state index contributed by atoms with van der Waals surface area (Å²) in [5.74, 6) is -0.243. The zero-order valence-electron chi connectivity index (χ0n) is 9.84. The predicted octanol–water partition coefficient (Wildman–Crippen LogP) is 3.41. The number of amides is 1. The van der Waals surface area contributed by atoms with Gasteiger partial charge in [-0.1, -0.05) is 24.4 Å². The highest BCUT2D eigenvalue weighted by Crippen LogP contribution is 2.28. The van der Waals surface area contributed by atoms with E-state index >= 15 is 0 Å². The van der Waals surface area contributed by atoms with Gasteiger partial charge in [-0.3, -0.25) is 4.79 Å². The van der Waals surface area contributed by atoms with Gasteiger partial charge in [0.25, 0.3) is 0 Å². The van der Waals surface area contributed by atoms with Crippen molar-refractivity contribution >= 4 is 35.0 Å². The molecular formula is C13H10ClN3OS. The lowest BCUT2D eigenvalue weighted by Crippen LogP contribution is -2.06. The molecule has 1 aromatic carbocycles. The number of anilines is 1. The Morgan fingerprint density at radius 1 is 1.42 bits per heavy atom. The molecule has 0 fully saturated rings. The lowest BCUT2D eigenvalue weighted by Gasteiger charge is -2.05. The number of benzene rings is 1. The van der Waals surface area contributed by atoms with E-state index in [1.807, 2.05) is 18.2 Å². The number of nitrogens with zero attached hydrogens (tertiary/aromatic N) is 2. The average molecular weight is 292 g/mol. The molecule has 0 saturated carbocycles. The largest absolute Gasteiger partial charge is 0.322 e. The highest BCUT2D eigenvalue weighted by atomic mass is 35.5. The highest BCUT2D eigenvalue weighted by Gasteiger charge is 2.03. The van der Waals surface area contributed by atoms with E-state index in [4.69, 9.17) is 11.6 Å². The number of rotatable bonds is 4. The normalized spacial score (nSPS) is 9.95. The van der Waals surface area contributed by atoms with Gasteiger partial charge < -0.3 is 5.32 Å². The first-order valence-electron chi connectivity index (χ1n) is 5.37. The summed E-state index contributed by atoms with van der Waals surface area (Å²) in [4.78, 5) is 20.1. The number of nitrogens with one attached hydrogen (secondary N) is 1. The van der Waals surface area contributed by atoms with Crippen LogP contribution in [-0.2, 0) is 4.79 Å². The summed E-state index contributed by atoms with van der Waals surface area (Å²) in [5.41, 5.74) is 0.704. The third-order valence-electron chi connectivity index (χ3n) is 2.11. The van der Waals surface area contributed by atoms with Crippen LogP contribution in [0.3, 0.4) is 0 Å². The first-order chi connectivity index (χ1) is 9.17. The third kappa shape index (κ3) is 4.08. The molecule has 2 aromatic rings. The monoisotopic (exact) mass is 291 g/mol. The number of halogens is 1. The SMILES string of the molecule is C=CC(=O)Nc1cccc(Sc2ccnc(Cl)n2)c1. The predicted molar refractivity (Wildman–Crippen MR) is 76.4 cm³/mol. The molecular weight excluding hydrogens is 282 g/mol. The molecule has 0 spiro atoms. The topological polar surface area (TPSA) is 54.9 Å². The molecule has 1 N–H and O–H groups in total. The standard InChI is InChI=1S/C13H10ClN3OS/c1-2-11(18)16-9-4-3-5-10(8-9)19-12-6-7-15-13(14)17-12/h2-8H,1H2,(H,16,18). The van der Waals surface area contributed by atoms with Gasteiger partial charge in [0.2, 0.25) is 11.2 Å². The molecule has 0 aliphatic carbocycles. The van der Waals surface area contributed by atoms with E-state index in [9.17, 15) is 4.79 Å². The first-order valence-corrected chi connectivity index (χ1v) is 6.57. The molecule has 1 heterocycles. The Morgan fingerprint density at radius 3 is 3.00 bits per heavy atom. The minimum Gasteiger partial charge on any atom is -0.322 e. The van der Waals surface area contributed by atoms with Crippen LogP contribution in [0.5, 0.6) is 0 Å². The number of carbonyl (C=O) groups excluding carboxylic acids is 1. The summed E-state index contributed by atoms with van der Waals surface area (Å²) < 4.78 is 0. The molecule has 0 aliphatic rings. The van der Waals surface area contributed by atoms with Crippen molar-refractivity contribution in [1.29, 1.82) is 0 Å². The van der Waals surface area contributed by atoms with Crippen LogP contribution in [0.15, 0.2) is 59.1 Å². The van der Waals surface area contributed by atoms with Crippen molar-refractivity contribution in [1.82, 2.24) is 9.97 Å². The Labute approximate surface area is 119 Å². The number of carbonyl (C=O) groups is 1. The second kappa shape index (κ2) is 6.36. The van der Waals surface area contributed by atoms with Crippen LogP contribution < -0.4 is 5.32 Å². The van der Waals surface area contributed by atoms with E-state index in [0.717, 1.165) is 9.92 Å². The van der Waals surface area contributed by atoms with Crippen molar-refractivity contribution in [2.24, 2.45) is 0 Å². The maximum atomic E-state index is 11.2. The molecule has 6 heteroatoms. The van der Waals surface area contributed by atoms with E-state index in [2.05, 4.69) is 21.9 Å². The van der Waals surface area contributed by atoms with Gasteiger partial charge in [-0.05, 0) is 41.9 Å². The van der Waals surface area contributed by atoms with Gasteiger partial charge in [0.1, 0.15) is 5.03 Å². The third-order valence-corrected chi connectivity index (χ3v) is 3.22. The fourth-order valence-electron chi connectivity index (χ4n) is 1.33. The van der Waals surface area contributed by atoms with Crippen molar-refractivity contribution < 1.29 is 4.79 Å². The average Bonchev–Trinajstić information content (AvgIpc) is 2.39. The molecule has 0 atom stereocenters. The van der Waals surface area contributed by atoms with Gasteiger partial charge in [-0.25, -0.2) is 9.97 Å². The maximum absolute atomic E-state index is 11.2. The van der Waals surface area contributed by atoms with Gasteiger partial charge in [0.05, 0.1) is 0 Å².